The second-order valence-corrected chi connectivity index (χ2v) is 7.18. The number of hydrogen-bond donors (Lipinski definition) is 1. The average molecular weight is 370 g/mol. The molecule has 0 spiro atoms. The minimum atomic E-state index is -3.72. The summed E-state index contributed by atoms with van der Waals surface area (Å²) in [6.45, 7) is 3.78. The van der Waals surface area contributed by atoms with Crippen molar-refractivity contribution in [2.24, 2.45) is 0 Å². The molecular formula is C15H16BrNO3S. The van der Waals surface area contributed by atoms with Crippen LogP contribution in [-0.2, 0) is 10.0 Å². The Morgan fingerprint density at radius 3 is 2.33 bits per heavy atom. The van der Waals surface area contributed by atoms with Crippen LogP contribution in [0.2, 0.25) is 0 Å². The molecule has 0 saturated heterocycles. The van der Waals surface area contributed by atoms with Crippen molar-refractivity contribution in [3.8, 4) is 5.75 Å². The molecule has 0 saturated carbocycles. The SMILES string of the molecule is COc1cc(C)c(C)cc1S(=O)(=O)Nc1ccccc1Br. The van der Waals surface area contributed by atoms with Crippen LogP contribution in [0.15, 0.2) is 45.8 Å². The van der Waals surface area contributed by atoms with Crippen molar-refractivity contribution in [3.63, 3.8) is 0 Å². The molecule has 0 heterocycles. The number of aryl methyl sites for hydroxylation is 2. The summed E-state index contributed by atoms with van der Waals surface area (Å²) >= 11 is 3.32. The fourth-order valence-corrected chi connectivity index (χ4v) is 3.71. The lowest BCUT2D eigenvalue weighted by Crippen LogP contribution is -2.15. The highest BCUT2D eigenvalue weighted by molar-refractivity contribution is 9.10. The number of ether oxygens (including phenoxy) is 1. The van der Waals surface area contributed by atoms with Crippen LogP contribution in [0.3, 0.4) is 0 Å². The summed E-state index contributed by atoms with van der Waals surface area (Å²) in [5.74, 6) is 0.331. The van der Waals surface area contributed by atoms with Gasteiger partial charge in [-0.3, -0.25) is 4.72 Å². The highest BCUT2D eigenvalue weighted by Gasteiger charge is 2.21. The number of para-hydroxylation sites is 1. The Kier molecular flexibility index (Phi) is 4.58. The van der Waals surface area contributed by atoms with E-state index in [-0.39, 0.29) is 4.90 Å². The molecular weight excluding hydrogens is 354 g/mol. The van der Waals surface area contributed by atoms with Gasteiger partial charge in [0.25, 0.3) is 10.0 Å². The minimum absolute atomic E-state index is 0.129. The predicted octanol–water partition coefficient (Wildman–Crippen LogP) is 3.88. The fourth-order valence-electron chi connectivity index (χ4n) is 1.88. The summed E-state index contributed by atoms with van der Waals surface area (Å²) in [4.78, 5) is 0.129. The lowest BCUT2D eigenvalue weighted by atomic mass is 10.1. The van der Waals surface area contributed by atoms with Gasteiger partial charge >= 0.3 is 0 Å². The molecule has 6 heteroatoms. The van der Waals surface area contributed by atoms with Gasteiger partial charge in [0.15, 0.2) is 0 Å². The van der Waals surface area contributed by atoms with Gasteiger partial charge in [0.05, 0.1) is 12.8 Å². The van der Waals surface area contributed by atoms with Crippen molar-refractivity contribution in [1.29, 1.82) is 0 Å². The molecule has 0 aromatic heterocycles. The molecule has 0 aliphatic heterocycles. The van der Waals surface area contributed by atoms with E-state index in [2.05, 4.69) is 20.7 Å². The average Bonchev–Trinajstić information content (AvgIpc) is 2.43. The standard InChI is InChI=1S/C15H16BrNO3S/c1-10-8-14(20-3)15(9-11(10)2)21(18,19)17-13-7-5-4-6-12(13)16/h4-9,17H,1-3H3. The van der Waals surface area contributed by atoms with Gasteiger partial charge < -0.3 is 4.74 Å². The van der Waals surface area contributed by atoms with Crippen molar-refractivity contribution in [3.05, 3.63) is 52.0 Å². The Labute approximate surface area is 133 Å². The Bertz CT molecular complexity index is 772. The summed E-state index contributed by atoms with van der Waals surface area (Å²) in [5, 5.41) is 0. The quantitative estimate of drug-likeness (QED) is 0.889. The highest BCUT2D eigenvalue weighted by atomic mass is 79.9. The van der Waals surface area contributed by atoms with Gasteiger partial charge in [-0.1, -0.05) is 12.1 Å². The zero-order chi connectivity index (χ0) is 15.6. The molecule has 0 aliphatic rings. The third-order valence-electron chi connectivity index (χ3n) is 3.19. The molecule has 112 valence electrons. The van der Waals surface area contributed by atoms with Crippen molar-refractivity contribution >= 4 is 31.6 Å². The first-order chi connectivity index (χ1) is 9.85. The van der Waals surface area contributed by atoms with Crippen LogP contribution >= 0.6 is 15.9 Å². The first kappa shape index (κ1) is 15.9. The number of hydrogen-bond acceptors (Lipinski definition) is 3. The first-order valence-electron chi connectivity index (χ1n) is 6.27. The minimum Gasteiger partial charge on any atom is -0.495 e. The Morgan fingerprint density at radius 1 is 1.10 bits per heavy atom. The zero-order valence-electron chi connectivity index (χ0n) is 12.0. The van der Waals surface area contributed by atoms with Crippen LogP contribution in [0.25, 0.3) is 0 Å². The second kappa shape index (κ2) is 6.07. The molecule has 0 aliphatic carbocycles. The second-order valence-electron chi connectivity index (χ2n) is 4.67. The number of anilines is 1. The van der Waals surface area contributed by atoms with Gasteiger partial charge in [0.2, 0.25) is 0 Å². The molecule has 2 rings (SSSR count). The van der Waals surface area contributed by atoms with Gasteiger partial charge in [0.1, 0.15) is 10.6 Å². The van der Waals surface area contributed by atoms with Gasteiger partial charge in [-0.25, -0.2) is 8.42 Å². The van der Waals surface area contributed by atoms with E-state index in [1.807, 2.05) is 19.9 Å². The van der Waals surface area contributed by atoms with E-state index in [0.717, 1.165) is 11.1 Å². The van der Waals surface area contributed by atoms with E-state index in [0.29, 0.717) is 15.9 Å². The predicted molar refractivity (Wildman–Crippen MR) is 87.4 cm³/mol. The Balaban J connectivity index is 2.50. The largest absolute Gasteiger partial charge is 0.495 e. The molecule has 0 bridgehead atoms. The molecule has 0 fully saturated rings. The lowest BCUT2D eigenvalue weighted by Gasteiger charge is -2.14. The van der Waals surface area contributed by atoms with Gasteiger partial charge in [-0.15, -0.1) is 0 Å². The molecule has 2 aromatic carbocycles. The molecule has 1 N–H and O–H groups in total. The molecule has 0 radical (unpaired) electrons. The Morgan fingerprint density at radius 2 is 1.71 bits per heavy atom. The third kappa shape index (κ3) is 3.39. The number of methoxy groups -OCH3 is 1. The molecule has 2 aromatic rings. The smallest absolute Gasteiger partial charge is 0.265 e. The van der Waals surface area contributed by atoms with Crippen molar-refractivity contribution < 1.29 is 13.2 Å². The normalized spacial score (nSPS) is 11.2. The number of nitrogens with one attached hydrogen (secondary N) is 1. The van der Waals surface area contributed by atoms with Gasteiger partial charge in [-0.2, -0.15) is 0 Å². The number of benzene rings is 2. The zero-order valence-corrected chi connectivity index (χ0v) is 14.4. The maximum atomic E-state index is 12.6. The van der Waals surface area contributed by atoms with Crippen LogP contribution in [0.1, 0.15) is 11.1 Å². The van der Waals surface area contributed by atoms with Crippen molar-refractivity contribution in [2.75, 3.05) is 11.8 Å². The summed E-state index contributed by atoms with van der Waals surface area (Å²) in [7, 11) is -2.26. The molecule has 0 atom stereocenters. The van der Waals surface area contributed by atoms with Crippen molar-refractivity contribution in [2.45, 2.75) is 18.7 Å². The lowest BCUT2D eigenvalue weighted by molar-refractivity contribution is 0.402. The maximum absolute atomic E-state index is 12.6. The van der Waals surface area contributed by atoms with E-state index in [1.165, 1.54) is 7.11 Å². The molecule has 0 amide bonds. The third-order valence-corrected chi connectivity index (χ3v) is 5.27. The van der Waals surface area contributed by atoms with E-state index in [9.17, 15) is 8.42 Å². The van der Waals surface area contributed by atoms with Gasteiger partial charge in [0, 0.05) is 4.47 Å². The van der Waals surface area contributed by atoms with Crippen molar-refractivity contribution in [1.82, 2.24) is 0 Å². The van der Waals surface area contributed by atoms with Crippen LogP contribution in [-0.4, -0.2) is 15.5 Å². The van der Waals surface area contributed by atoms with Crippen LogP contribution in [0.5, 0.6) is 5.75 Å². The highest BCUT2D eigenvalue weighted by Crippen LogP contribution is 2.30. The van der Waals surface area contributed by atoms with Crippen LogP contribution in [0.4, 0.5) is 5.69 Å². The molecule has 0 unspecified atom stereocenters. The summed E-state index contributed by atoms with van der Waals surface area (Å²) in [6.07, 6.45) is 0. The number of halogens is 1. The van der Waals surface area contributed by atoms with E-state index < -0.39 is 10.0 Å². The van der Waals surface area contributed by atoms with E-state index in [4.69, 9.17) is 4.74 Å². The van der Waals surface area contributed by atoms with Crippen LogP contribution < -0.4 is 9.46 Å². The van der Waals surface area contributed by atoms with E-state index >= 15 is 0 Å². The van der Waals surface area contributed by atoms with Gasteiger partial charge in [-0.05, 0) is 65.2 Å². The monoisotopic (exact) mass is 369 g/mol. The summed E-state index contributed by atoms with van der Waals surface area (Å²) in [5.41, 5.74) is 2.35. The molecule has 21 heavy (non-hydrogen) atoms. The van der Waals surface area contributed by atoms with E-state index in [1.54, 1.807) is 30.3 Å². The summed E-state index contributed by atoms with van der Waals surface area (Å²) in [6, 6.07) is 10.4. The number of sulfonamides is 1. The fraction of sp³-hybridized carbons (Fsp3) is 0.200. The summed E-state index contributed by atoms with van der Waals surface area (Å²) < 4.78 is 33.6. The molecule has 4 nitrogen and oxygen atoms in total. The maximum Gasteiger partial charge on any atom is 0.265 e. The number of rotatable bonds is 4. The van der Waals surface area contributed by atoms with Crippen LogP contribution in [0, 0.1) is 13.8 Å². The first-order valence-corrected chi connectivity index (χ1v) is 8.55. The topological polar surface area (TPSA) is 55.4 Å². The Hall–Kier alpha value is -1.53.